The van der Waals surface area contributed by atoms with E-state index in [9.17, 15) is 13.9 Å². The van der Waals surface area contributed by atoms with Gasteiger partial charge in [-0.15, -0.1) is 0 Å². The highest BCUT2D eigenvalue weighted by Gasteiger charge is 2.39. The molecule has 1 saturated heterocycles. The molecule has 0 unspecified atom stereocenters. The molecule has 1 atom stereocenters. The summed E-state index contributed by atoms with van der Waals surface area (Å²) in [7, 11) is 0. The normalized spacial score (nSPS) is 18.8. The summed E-state index contributed by atoms with van der Waals surface area (Å²) in [5, 5.41) is 12.9. The second kappa shape index (κ2) is 6.69. The Hall–Kier alpha value is -0.560. The highest BCUT2D eigenvalue weighted by Crippen LogP contribution is 2.41. The second-order valence-corrected chi connectivity index (χ2v) is 6.95. The molecule has 3 nitrogen and oxygen atoms in total. The third-order valence-electron chi connectivity index (χ3n) is 4.02. The minimum atomic E-state index is -0.653. The van der Waals surface area contributed by atoms with Gasteiger partial charge < -0.3 is 10.4 Å². The summed E-state index contributed by atoms with van der Waals surface area (Å²) in [5.41, 5.74) is -0.620. The minimum absolute atomic E-state index is 0.0327. The zero-order valence-electron chi connectivity index (χ0n) is 12.3. The van der Waals surface area contributed by atoms with Gasteiger partial charge in [0.25, 0.3) is 0 Å². The van der Waals surface area contributed by atoms with E-state index in [1.165, 1.54) is 12.1 Å². The van der Waals surface area contributed by atoms with Crippen molar-refractivity contribution in [2.45, 2.75) is 19.9 Å². The van der Waals surface area contributed by atoms with E-state index < -0.39 is 23.1 Å². The van der Waals surface area contributed by atoms with Crippen molar-refractivity contribution in [1.82, 2.24) is 10.2 Å². The van der Waals surface area contributed by atoms with E-state index in [4.69, 9.17) is 0 Å². The lowest BCUT2D eigenvalue weighted by atomic mass is 9.79. The maximum atomic E-state index is 14.5. The van der Waals surface area contributed by atoms with Gasteiger partial charge >= 0.3 is 0 Å². The summed E-state index contributed by atoms with van der Waals surface area (Å²) in [4.78, 5) is 2.04. The van der Waals surface area contributed by atoms with E-state index in [0.29, 0.717) is 13.1 Å². The van der Waals surface area contributed by atoms with Gasteiger partial charge in [0.1, 0.15) is 11.6 Å². The Morgan fingerprint density at radius 2 is 1.95 bits per heavy atom. The molecule has 6 heteroatoms. The average molecular weight is 363 g/mol. The molecule has 1 aliphatic heterocycles. The molecule has 0 bridgehead atoms. The van der Waals surface area contributed by atoms with Crippen LogP contribution in [0.2, 0.25) is 0 Å². The monoisotopic (exact) mass is 362 g/mol. The van der Waals surface area contributed by atoms with Crippen molar-refractivity contribution in [3.63, 3.8) is 0 Å². The van der Waals surface area contributed by atoms with Crippen LogP contribution >= 0.6 is 15.9 Å². The SMILES string of the molecule is CC(C)(CO)[C@@H](c1c(F)ccc(Br)c1F)N1CCNCC1. The molecule has 1 fully saturated rings. The summed E-state index contributed by atoms with van der Waals surface area (Å²) < 4.78 is 29.1. The number of benzene rings is 1. The molecule has 21 heavy (non-hydrogen) atoms. The Labute approximate surface area is 132 Å². The highest BCUT2D eigenvalue weighted by atomic mass is 79.9. The van der Waals surface area contributed by atoms with Gasteiger partial charge in [0.15, 0.2) is 0 Å². The summed E-state index contributed by atoms with van der Waals surface area (Å²) in [6.07, 6.45) is 0. The first-order valence-electron chi connectivity index (χ1n) is 7.07. The smallest absolute Gasteiger partial charge is 0.145 e. The lowest BCUT2D eigenvalue weighted by molar-refractivity contribution is 0.0265. The zero-order chi connectivity index (χ0) is 15.6. The van der Waals surface area contributed by atoms with Crippen LogP contribution in [0.1, 0.15) is 25.5 Å². The van der Waals surface area contributed by atoms with Gasteiger partial charge in [-0.1, -0.05) is 13.8 Å². The van der Waals surface area contributed by atoms with Gasteiger partial charge in [0.2, 0.25) is 0 Å². The van der Waals surface area contributed by atoms with Crippen molar-refractivity contribution in [2.24, 2.45) is 5.41 Å². The number of aliphatic hydroxyl groups excluding tert-OH is 1. The van der Waals surface area contributed by atoms with E-state index in [1.807, 2.05) is 18.7 Å². The van der Waals surface area contributed by atoms with Crippen molar-refractivity contribution in [2.75, 3.05) is 32.8 Å². The Balaban J connectivity index is 2.52. The molecule has 1 heterocycles. The number of hydrogen-bond donors (Lipinski definition) is 2. The Bertz CT molecular complexity index is 505. The molecule has 0 radical (unpaired) electrons. The van der Waals surface area contributed by atoms with Crippen LogP contribution in [0.4, 0.5) is 8.78 Å². The van der Waals surface area contributed by atoms with Gasteiger partial charge in [-0.25, -0.2) is 8.78 Å². The Morgan fingerprint density at radius 3 is 2.52 bits per heavy atom. The number of rotatable bonds is 4. The third-order valence-corrected chi connectivity index (χ3v) is 4.63. The molecule has 0 spiro atoms. The third kappa shape index (κ3) is 3.44. The lowest BCUT2D eigenvalue weighted by Crippen LogP contribution is -2.50. The number of piperazine rings is 1. The van der Waals surface area contributed by atoms with Crippen LogP contribution in [-0.4, -0.2) is 42.8 Å². The van der Waals surface area contributed by atoms with E-state index in [1.54, 1.807) is 0 Å². The van der Waals surface area contributed by atoms with E-state index in [-0.39, 0.29) is 16.6 Å². The van der Waals surface area contributed by atoms with Gasteiger partial charge in [-0.05, 0) is 28.1 Å². The fourth-order valence-corrected chi connectivity index (χ4v) is 3.23. The number of hydrogen-bond acceptors (Lipinski definition) is 3. The van der Waals surface area contributed by atoms with E-state index in [0.717, 1.165) is 13.1 Å². The van der Waals surface area contributed by atoms with Gasteiger partial charge in [0.05, 0.1) is 4.47 Å². The molecular formula is C15H21BrF2N2O. The van der Waals surface area contributed by atoms with Crippen LogP contribution in [0.25, 0.3) is 0 Å². The van der Waals surface area contributed by atoms with E-state index >= 15 is 0 Å². The first-order chi connectivity index (χ1) is 9.88. The van der Waals surface area contributed by atoms with Crippen LogP contribution < -0.4 is 5.32 Å². The Morgan fingerprint density at radius 1 is 1.33 bits per heavy atom. The quantitative estimate of drug-likeness (QED) is 0.808. The molecule has 1 aromatic carbocycles. The molecule has 1 aliphatic rings. The van der Waals surface area contributed by atoms with Gasteiger partial charge in [-0.2, -0.15) is 0 Å². The van der Waals surface area contributed by atoms with Crippen molar-refractivity contribution < 1.29 is 13.9 Å². The average Bonchev–Trinajstić information content (AvgIpc) is 2.48. The molecule has 0 aromatic heterocycles. The molecule has 118 valence electrons. The fourth-order valence-electron chi connectivity index (χ4n) is 2.89. The first-order valence-corrected chi connectivity index (χ1v) is 7.87. The van der Waals surface area contributed by atoms with Crippen LogP contribution in [-0.2, 0) is 0 Å². The largest absolute Gasteiger partial charge is 0.396 e. The summed E-state index contributed by atoms with van der Waals surface area (Å²) in [6.45, 7) is 6.45. The number of aliphatic hydroxyl groups is 1. The van der Waals surface area contributed by atoms with Crippen molar-refractivity contribution in [1.29, 1.82) is 0 Å². The Kier molecular flexibility index (Phi) is 5.35. The summed E-state index contributed by atoms with van der Waals surface area (Å²) in [5.74, 6) is -1.15. The molecule has 2 rings (SSSR count). The van der Waals surface area contributed by atoms with Gasteiger partial charge in [-0.3, -0.25) is 4.90 Å². The van der Waals surface area contributed by atoms with E-state index in [2.05, 4.69) is 21.2 Å². The molecule has 2 N–H and O–H groups in total. The molecule has 0 saturated carbocycles. The number of nitrogens with one attached hydrogen (secondary N) is 1. The molecule has 1 aromatic rings. The predicted octanol–water partition coefficient (Wildman–Crippen LogP) is 2.69. The summed E-state index contributed by atoms with van der Waals surface area (Å²) in [6, 6.07) is 2.13. The maximum absolute atomic E-state index is 14.5. The second-order valence-electron chi connectivity index (χ2n) is 6.09. The topological polar surface area (TPSA) is 35.5 Å². The van der Waals surface area contributed by atoms with Crippen LogP contribution in [0.15, 0.2) is 16.6 Å². The molecule has 0 amide bonds. The predicted molar refractivity (Wildman–Crippen MR) is 82.1 cm³/mol. The minimum Gasteiger partial charge on any atom is -0.396 e. The molecule has 0 aliphatic carbocycles. The van der Waals surface area contributed by atoms with Crippen LogP contribution in [0.5, 0.6) is 0 Å². The molecular weight excluding hydrogens is 342 g/mol. The van der Waals surface area contributed by atoms with Crippen LogP contribution in [0.3, 0.4) is 0 Å². The number of nitrogens with zero attached hydrogens (tertiary/aromatic N) is 1. The maximum Gasteiger partial charge on any atom is 0.145 e. The fraction of sp³-hybridized carbons (Fsp3) is 0.600. The highest BCUT2D eigenvalue weighted by molar-refractivity contribution is 9.10. The first kappa shape index (κ1) is 16.8. The zero-order valence-corrected chi connectivity index (χ0v) is 13.9. The summed E-state index contributed by atoms with van der Waals surface area (Å²) >= 11 is 3.13. The number of halogens is 3. The van der Waals surface area contributed by atoms with Crippen molar-refractivity contribution in [3.05, 3.63) is 33.8 Å². The van der Waals surface area contributed by atoms with Crippen LogP contribution in [0, 0.1) is 17.0 Å². The standard InChI is InChI=1S/C15H21BrF2N2O/c1-15(2,9-21)14(20-7-5-19-6-8-20)12-11(17)4-3-10(16)13(12)18/h3-4,14,19,21H,5-9H2,1-2H3/t14-/m1/s1. The lowest BCUT2D eigenvalue weighted by Gasteiger charge is -2.43. The van der Waals surface area contributed by atoms with Crippen molar-refractivity contribution >= 4 is 15.9 Å². The van der Waals surface area contributed by atoms with Crippen molar-refractivity contribution in [3.8, 4) is 0 Å². The van der Waals surface area contributed by atoms with Gasteiger partial charge in [0, 0.05) is 49.8 Å².